The number of urea groups is 1. The number of aromatic nitrogens is 2. The minimum Gasteiger partial charge on any atom is -0.317 e. The highest BCUT2D eigenvalue weighted by Crippen LogP contribution is 2.27. The molecule has 0 saturated heterocycles. The molecule has 0 aliphatic heterocycles. The van der Waals surface area contributed by atoms with Gasteiger partial charge in [-0.25, -0.2) is 9.18 Å². The number of halogens is 1. The van der Waals surface area contributed by atoms with Gasteiger partial charge in [-0.05, 0) is 37.0 Å². The maximum atomic E-state index is 13.3. The van der Waals surface area contributed by atoms with E-state index in [1.54, 1.807) is 11.0 Å². The van der Waals surface area contributed by atoms with E-state index in [0.29, 0.717) is 12.4 Å². The van der Waals surface area contributed by atoms with Crippen molar-refractivity contribution in [2.75, 3.05) is 5.32 Å². The Morgan fingerprint density at radius 2 is 2.33 bits per heavy atom. The van der Waals surface area contributed by atoms with Crippen LogP contribution in [0.2, 0.25) is 0 Å². The van der Waals surface area contributed by atoms with Crippen LogP contribution in [0.15, 0.2) is 30.5 Å². The monoisotopic (exact) mass is 306 g/mol. The topological polar surface area (TPSA) is 58.1 Å². The van der Waals surface area contributed by atoms with Gasteiger partial charge in [0.1, 0.15) is 5.82 Å². The first-order valence-corrected chi connectivity index (χ1v) is 7.55. The first kappa shape index (κ1) is 13.9. The lowest BCUT2D eigenvalue weighted by molar-refractivity contribution is 0.143. The van der Waals surface area contributed by atoms with Gasteiger partial charge in [-0.15, -0.1) is 0 Å². The van der Waals surface area contributed by atoms with E-state index in [9.17, 15) is 9.18 Å². The number of anilines is 1. The Labute approximate surface area is 126 Å². The second-order valence-corrected chi connectivity index (χ2v) is 5.62. The molecule has 1 aliphatic carbocycles. The van der Waals surface area contributed by atoms with Gasteiger partial charge in [0.2, 0.25) is 0 Å². The molecule has 7 heteroatoms. The smallest absolute Gasteiger partial charge is 0.317 e. The van der Waals surface area contributed by atoms with E-state index < -0.39 is 0 Å². The maximum Gasteiger partial charge on any atom is 0.323 e. The van der Waals surface area contributed by atoms with Gasteiger partial charge in [-0.1, -0.05) is 12.1 Å². The number of carbonyl (C=O) groups is 1. The molecule has 110 valence electrons. The van der Waals surface area contributed by atoms with E-state index in [2.05, 4.69) is 14.1 Å². The average molecular weight is 306 g/mol. The SMILES string of the molecule is O=C(Nc1cnsn1)N(Cc1cccc(F)c1)C1CCC1. The first-order chi connectivity index (χ1) is 10.2. The van der Waals surface area contributed by atoms with Crippen LogP contribution >= 0.6 is 11.7 Å². The first-order valence-electron chi connectivity index (χ1n) is 6.82. The second kappa shape index (κ2) is 6.17. The third-order valence-electron chi connectivity index (χ3n) is 3.61. The molecule has 5 nitrogen and oxygen atoms in total. The number of hydrogen-bond acceptors (Lipinski definition) is 4. The predicted molar refractivity (Wildman–Crippen MR) is 78.5 cm³/mol. The van der Waals surface area contributed by atoms with Crippen LogP contribution in [-0.2, 0) is 6.54 Å². The summed E-state index contributed by atoms with van der Waals surface area (Å²) in [6.45, 7) is 0.395. The average Bonchev–Trinajstić information content (AvgIpc) is 2.89. The Kier molecular flexibility index (Phi) is 4.10. The summed E-state index contributed by atoms with van der Waals surface area (Å²) >= 11 is 1.04. The molecule has 1 saturated carbocycles. The van der Waals surface area contributed by atoms with Crippen LogP contribution in [0.3, 0.4) is 0 Å². The largest absolute Gasteiger partial charge is 0.323 e. The number of amides is 2. The van der Waals surface area contributed by atoms with Gasteiger partial charge in [-0.3, -0.25) is 5.32 Å². The summed E-state index contributed by atoms with van der Waals surface area (Å²) in [6.07, 6.45) is 4.61. The van der Waals surface area contributed by atoms with Crippen molar-refractivity contribution in [3.05, 3.63) is 41.8 Å². The standard InChI is InChI=1S/C14H15FN4OS/c15-11-4-1-3-10(7-11)9-19(12-5-2-6-12)14(20)17-13-8-16-21-18-13/h1,3-4,7-8,12H,2,5-6,9H2,(H,17,18,20). The lowest BCUT2D eigenvalue weighted by atomic mass is 9.91. The summed E-state index contributed by atoms with van der Waals surface area (Å²) in [5, 5.41) is 2.74. The molecule has 2 amide bonds. The highest BCUT2D eigenvalue weighted by molar-refractivity contribution is 6.99. The normalized spacial score (nSPS) is 14.5. The molecule has 0 bridgehead atoms. The summed E-state index contributed by atoms with van der Waals surface area (Å²) in [6, 6.07) is 6.34. The zero-order chi connectivity index (χ0) is 14.7. The Morgan fingerprint density at radius 3 is 2.95 bits per heavy atom. The van der Waals surface area contributed by atoms with Gasteiger partial charge in [-0.2, -0.15) is 8.75 Å². The number of benzene rings is 1. The molecule has 0 spiro atoms. The lowest BCUT2D eigenvalue weighted by Gasteiger charge is -2.37. The van der Waals surface area contributed by atoms with Crippen LogP contribution in [0, 0.1) is 5.82 Å². The van der Waals surface area contributed by atoms with Gasteiger partial charge in [0, 0.05) is 12.6 Å². The highest BCUT2D eigenvalue weighted by Gasteiger charge is 2.29. The van der Waals surface area contributed by atoms with E-state index in [1.165, 1.54) is 18.3 Å². The Hall–Kier alpha value is -2.02. The van der Waals surface area contributed by atoms with E-state index in [-0.39, 0.29) is 17.9 Å². The molecule has 1 aromatic carbocycles. The lowest BCUT2D eigenvalue weighted by Crippen LogP contribution is -2.45. The summed E-state index contributed by atoms with van der Waals surface area (Å²) < 4.78 is 21.1. The number of rotatable bonds is 4. The van der Waals surface area contributed by atoms with Crippen LogP contribution in [-0.4, -0.2) is 25.7 Å². The van der Waals surface area contributed by atoms with Gasteiger partial charge in [0.15, 0.2) is 5.82 Å². The predicted octanol–water partition coefficient (Wildman–Crippen LogP) is 3.26. The minimum absolute atomic E-state index is 0.208. The van der Waals surface area contributed by atoms with E-state index >= 15 is 0 Å². The molecule has 1 N–H and O–H groups in total. The number of nitrogens with one attached hydrogen (secondary N) is 1. The molecule has 21 heavy (non-hydrogen) atoms. The number of nitrogens with zero attached hydrogens (tertiary/aromatic N) is 3. The second-order valence-electron chi connectivity index (χ2n) is 5.07. The van der Waals surface area contributed by atoms with Crippen molar-refractivity contribution in [3.8, 4) is 0 Å². The van der Waals surface area contributed by atoms with Crippen molar-refractivity contribution in [2.45, 2.75) is 31.8 Å². The van der Waals surface area contributed by atoms with Crippen molar-refractivity contribution < 1.29 is 9.18 Å². The molecule has 0 atom stereocenters. The molecule has 3 rings (SSSR count). The van der Waals surface area contributed by atoms with Crippen LogP contribution in [0.1, 0.15) is 24.8 Å². The summed E-state index contributed by atoms with van der Waals surface area (Å²) in [7, 11) is 0. The van der Waals surface area contributed by atoms with Gasteiger partial charge in [0.05, 0.1) is 17.9 Å². The molecule has 1 aromatic heterocycles. The zero-order valence-electron chi connectivity index (χ0n) is 11.3. The van der Waals surface area contributed by atoms with Crippen LogP contribution < -0.4 is 5.32 Å². The van der Waals surface area contributed by atoms with Crippen molar-refractivity contribution in [2.24, 2.45) is 0 Å². The van der Waals surface area contributed by atoms with Crippen LogP contribution in [0.5, 0.6) is 0 Å². The van der Waals surface area contributed by atoms with Gasteiger partial charge >= 0.3 is 6.03 Å². The fraction of sp³-hybridized carbons (Fsp3) is 0.357. The van der Waals surface area contributed by atoms with E-state index in [1.807, 2.05) is 6.07 Å². The third-order valence-corrected chi connectivity index (χ3v) is 4.09. The molecule has 1 fully saturated rings. The summed E-state index contributed by atoms with van der Waals surface area (Å²) in [5.74, 6) is 0.165. The molecule has 1 heterocycles. The number of hydrogen-bond donors (Lipinski definition) is 1. The highest BCUT2D eigenvalue weighted by atomic mass is 32.1. The maximum absolute atomic E-state index is 13.3. The van der Waals surface area contributed by atoms with Crippen molar-refractivity contribution in [1.82, 2.24) is 13.6 Å². The molecule has 0 unspecified atom stereocenters. The van der Waals surface area contributed by atoms with Gasteiger partial charge < -0.3 is 4.90 Å². The van der Waals surface area contributed by atoms with Crippen molar-refractivity contribution in [1.29, 1.82) is 0 Å². The minimum atomic E-state index is -0.287. The van der Waals surface area contributed by atoms with E-state index in [4.69, 9.17) is 0 Å². The van der Waals surface area contributed by atoms with Crippen LogP contribution in [0.4, 0.5) is 15.0 Å². The Bertz CT molecular complexity index is 615. The number of carbonyl (C=O) groups excluding carboxylic acids is 1. The molecular weight excluding hydrogens is 291 g/mol. The van der Waals surface area contributed by atoms with Gasteiger partial charge in [0.25, 0.3) is 0 Å². The van der Waals surface area contributed by atoms with Crippen molar-refractivity contribution in [3.63, 3.8) is 0 Å². The van der Waals surface area contributed by atoms with Crippen molar-refractivity contribution >= 4 is 23.6 Å². The fourth-order valence-corrected chi connectivity index (χ4v) is 2.67. The van der Waals surface area contributed by atoms with E-state index in [0.717, 1.165) is 36.6 Å². The molecule has 0 radical (unpaired) electrons. The third kappa shape index (κ3) is 3.36. The molecule has 1 aliphatic rings. The molecule has 2 aromatic rings. The van der Waals surface area contributed by atoms with Crippen LogP contribution in [0.25, 0.3) is 0 Å². The summed E-state index contributed by atoms with van der Waals surface area (Å²) in [4.78, 5) is 14.1. The Morgan fingerprint density at radius 1 is 1.48 bits per heavy atom. The summed E-state index contributed by atoms with van der Waals surface area (Å²) in [5.41, 5.74) is 0.786. The molecular formula is C14H15FN4OS. The fourth-order valence-electron chi connectivity index (χ4n) is 2.30. The zero-order valence-corrected chi connectivity index (χ0v) is 12.1. The Balaban J connectivity index is 1.72. The quantitative estimate of drug-likeness (QED) is 0.943.